The van der Waals surface area contributed by atoms with Gasteiger partial charge in [-0.25, -0.2) is 13.8 Å². The van der Waals surface area contributed by atoms with Gasteiger partial charge >= 0.3 is 5.97 Å². The molecule has 0 radical (unpaired) electrons. The first-order valence-corrected chi connectivity index (χ1v) is 7.69. The third kappa shape index (κ3) is 2.85. The van der Waals surface area contributed by atoms with Crippen molar-refractivity contribution in [3.63, 3.8) is 0 Å². The van der Waals surface area contributed by atoms with Gasteiger partial charge in [-0.2, -0.15) is 0 Å². The largest absolute Gasteiger partial charge is 0.481 e. The lowest BCUT2D eigenvalue weighted by Gasteiger charge is -2.28. The number of hydrogen-bond acceptors (Lipinski definition) is 2. The van der Waals surface area contributed by atoms with Gasteiger partial charge in [0, 0.05) is 18.4 Å². The quantitative estimate of drug-likeness (QED) is 0.931. The summed E-state index contributed by atoms with van der Waals surface area (Å²) in [6.45, 7) is 1.52. The zero-order valence-corrected chi connectivity index (χ0v) is 12.8. The summed E-state index contributed by atoms with van der Waals surface area (Å²) in [6, 6.07) is 3.13. The molecule has 0 amide bonds. The van der Waals surface area contributed by atoms with Gasteiger partial charge in [0.2, 0.25) is 0 Å². The number of rotatable bonds is 3. The Morgan fingerprint density at radius 3 is 2.57 bits per heavy atom. The average molecular weight is 320 g/mol. The van der Waals surface area contributed by atoms with E-state index in [0.717, 1.165) is 0 Å². The first kappa shape index (κ1) is 15.6. The standard InChI is InChI=1S/C17H18F2N2O2/c1-10-2-7-13(15(19)14(10)18)16-20-8-9-21(16)12-5-3-11(4-6-12)17(22)23/h2,7-9,11-12H,3-6H2,1H3,(H,22,23). The molecule has 1 aromatic carbocycles. The van der Waals surface area contributed by atoms with Crippen LogP contribution in [0, 0.1) is 24.5 Å². The Morgan fingerprint density at radius 2 is 1.91 bits per heavy atom. The smallest absolute Gasteiger partial charge is 0.306 e. The van der Waals surface area contributed by atoms with Crippen molar-refractivity contribution in [2.75, 3.05) is 0 Å². The van der Waals surface area contributed by atoms with E-state index >= 15 is 0 Å². The number of benzene rings is 1. The summed E-state index contributed by atoms with van der Waals surface area (Å²) < 4.78 is 29.9. The molecule has 1 N–H and O–H groups in total. The van der Waals surface area contributed by atoms with Gasteiger partial charge in [-0.15, -0.1) is 0 Å². The zero-order chi connectivity index (χ0) is 16.6. The van der Waals surface area contributed by atoms with E-state index in [2.05, 4.69) is 4.98 Å². The van der Waals surface area contributed by atoms with Crippen molar-refractivity contribution in [3.05, 3.63) is 41.7 Å². The predicted octanol–water partition coefficient (Wildman–Crippen LogP) is 3.95. The minimum Gasteiger partial charge on any atom is -0.481 e. The molecule has 6 heteroatoms. The van der Waals surface area contributed by atoms with E-state index in [1.54, 1.807) is 12.4 Å². The highest BCUT2D eigenvalue weighted by atomic mass is 19.2. The van der Waals surface area contributed by atoms with E-state index < -0.39 is 17.6 Å². The number of hydrogen-bond donors (Lipinski definition) is 1. The molecule has 0 spiro atoms. The Bertz CT molecular complexity index is 734. The molecule has 0 saturated heterocycles. The van der Waals surface area contributed by atoms with Gasteiger partial charge < -0.3 is 9.67 Å². The van der Waals surface area contributed by atoms with Crippen LogP contribution in [0.5, 0.6) is 0 Å². The number of nitrogens with zero attached hydrogens (tertiary/aromatic N) is 2. The van der Waals surface area contributed by atoms with Crippen LogP contribution < -0.4 is 0 Å². The molecular weight excluding hydrogens is 302 g/mol. The Kier molecular flexibility index (Phi) is 4.15. The summed E-state index contributed by atoms with van der Waals surface area (Å²) in [5.74, 6) is -2.43. The molecule has 1 heterocycles. The van der Waals surface area contributed by atoms with E-state index in [9.17, 15) is 13.6 Å². The number of aromatic nitrogens is 2. The maximum Gasteiger partial charge on any atom is 0.306 e. The number of imidazole rings is 1. The van der Waals surface area contributed by atoms with Crippen molar-refractivity contribution in [1.29, 1.82) is 0 Å². The van der Waals surface area contributed by atoms with E-state index in [1.165, 1.54) is 19.1 Å². The number of carboxylic acids is 1. The molecule has 0 atom stereocenters. The van der Waals surface area contributed by atoms with Crippen LogP contribution >= 0.6 is 0 Å². The Morgan fingerprint density at radius 1 is 1.22 bits per heavy atom. The number of carboxylic acid groups (broad SMARTS) is 1. The van der Waals surface area contributed by atoms with Crippen LogP contribution in [0.15, 0.2) is 24.5 Å². The predicted molar refractivity (Wildman–Crippen MR) is 80.9 cm³/mol. The van der Waals surface area contributed by atoms with Gasteiger partial charge in [0.15, 0.2) is 11.6 Å². The molecule has 0 bridgehead atoms. The van der Waals surface area contributed by atoms with E-state index in [-0.39, 0.29) is 23.1 Å². The Hall–Kier alpha value is -2.24. The fourth-order valence-corrected chi connectivity index (χ4v) is 3.24. The maximum atomic E-state index is 14.2. The lowest BCUT2D eigenvalue weighted by atomic mass is 9.86. The topological polar surface area (TPSA) is 55.1 Å². The van der Waals surface area contributed by atoms with E-state index in [4.69, 9.17) is 5.11 Å². The molecule has 122 valence electrons. The van der Waals surface area contributed by atoms with Crippen LogP contribution in [0.2, 0.25) is 0 Å². The molecule has 23 heavy (non-hydrogen) atoms. The number of carbonyl (C=O) groups is 1. The van der Waals surface area contributed by atoms with Gasteiger partial charge in [0.25, 0.3) is 0 Å². The van der Waals surface area contributed by atoms with Crippen molar-refractivity contribution in [2.45, 2.75) is 38.6 Å². The molecule has 4 nitrogen and oxygen atoms in total. The van der Waals surface area contributed by atoms with E-state index in [1.807, 2.05) is 4.57 Å². The first-order valence-electron chi connectivity index (χ1n) is 7.69. The number of halogens is 2. The second-order valence-electron chi connectivity index (χ2n) is 6.06. The van der Waals surface area contributed by atoms with Crippen molar-refractivity contribution in [3.8, 4) is 11.4 Å². The lowest BCUT2D eigenvalue weighted by molar-refractivity contribution is -0.143. The summed E-state index contributed by atoms with van der Waals surface area (Å²) in [4.78, 5) is 15.2. The second kappa shape index (κ2) is 6.10. The fraction of sp³-hybridized carbons (Fsp3) is 0.412. The second-order valence-corrected chi connectivity index (χ2v) is 6.06. The van der Waals surface area contributed by atoms with E-state index in [0.29, 0.717) is 31.5 Å². The fourth-order valence-electron chi connectivity index (χ4n) is 3.24. The minimum absolute atomic E-state index is 0.0619. The molecule has 1 fully saturated rings. The van der Waals surface area contributed by atoms with Crippen molar-refractivity contribution in [2.24, 2.45) is 5.92 Å². The monoisotopic (exact) mass is 320 g/mol. The third-order valence-corrected chi connectivity index (χ3v) is 4.62. The van der Waals surface area contributed by atoms with Gasteiger partial charge in [0.05, 0.1) is 11.5 Å². The first-order chi connectivity index (χ1) is 11.0. The highest BCUT2D eigenvalue weighted by molar-refractivity contribution is 5.70. The van der Waals surface area contributed by atoms with Crippen LogP contribution in [-0.2, 0) is 4.79 Å². The lowest BCUT2D eigenvalue weighted by Crippen LogP contribution is -2.23. The van der Waals surface area contributed by atoms with Crippen LogP contribution in [0.4, 0.5) is 8.78 Å². The van der Waals surface area contributed by atoms with Gasteiger partial charge in [0.1, 0.15) is 5.82 Å². The molecule has 1 aromatic heterocycles. The maximum absolute atomic E-state index is 14.2. The zero-order valence-electron chi connectivity index (χ0n) is 12.8. The molecule has 0 unspecified atom stereocenters. The van der Waals surface area contributed by atoms with Crippen molar-refractivity contribution in [1.82, 2.24) is 9.55 Å². The van der Waals surface area contributed by atoms with Gasteiger partial charge in [-0.1, -0.05) is 6.07 Å². The van der Waals surface area contributed by atoms with Crippen molar-refractivity contribution >= 4 is 5.97 Å². The summed E-state index contributed by atoms with van der Waals surface area (Å²) in [7, 11) is 0. The summed E-state index contributed by atoms with van der Waals surface area (Å²) in [5.41, 5.74) is 0.393. The van der Waals surface area contributed by atoms with Crippen LogP contribution in [0.3, 0.4) is 0 Å². The van der Waals surface area contributed by atoms with Crippen LogP contribution in [-0.4, -0.2) is 20.6 Å². The van der Waals surface area contributed by atoms with Crippen LogP contribution in [0.1, 0.15) is 37.3 Å². The highest BCUT2D eigenvalue weighted by Crippen LogP contribution is 2.35. The molecule has 3 rings (SSSR count). The Labute approximate surface area is 132 Å². The SMILES string of the molecule is Cc1ccc(-c2nccn2C2CCC(C(=O)O)CC2)c(F)c1F. The third-order valence-electron chi connectivity index (χ3n) is 4.62. The average Bonchev–Trinajstić information content (AvgIpc) is 3.02. The highest BCUT2D eigenvalue weighted by Gasteiger charge is 2.28. The number of aryl methyl sites for hydroxylation is 1. The van der Waals surface area contributed by atoms with Gasteiger partial charge in [-0.05, 0) is 44.2 Å². The summed E-state index contributed by atoms with van der Waals surface area (Å²) in [5, 5.41) is 9.07. The molecule has 2 aromatic rings. The van der Waals surface area contributed by atoms with Crippen LogP contribution in [0.25, 0.3) is 11.4 Å². The number of aliphatic carboxylic acids is 1. The molecule has 1 aliphatic carbocycles. The minimum atomic E-state index is -0.892. The Balaban J connectivity index is 1.89. The normalized spacial score (nSPS) is 21.3. The molecular formula is C17H18F2N2O2. The molecule has 1 saturated carbocycles. The molecule has 1 aliphatic rings. The molecule has 0 aliphatic heterocycles. The summed E-state index contributed by atoms with van der Waals surface area (Å²) in [6.07, 6.45) is 5.87. The van der Waals surface area contributed by atoms with Gasteiger partial charge in [-0.3, -0.25) is 4.79 Å². The van der Waals surface area contributed by atoms with Crippen molar-refractivity contribution < 1.29 is 18.7 Å². The summed E-state index contributed by atoms with van der Waals surface area (Å²) >= 11 is 0.